The van der Waals surface area contributed by atoms with E-state index in [4.69, 9.17) is 0 Å². The molecule has 1 aromatic heterocycles. The second-order valence-electron chi connectivity index (χ2n) is 7.40. The molecule has 158 valence electrons. The number of para-hydroxylation sites is 1. The molecule has 0 unspecified atom stereocenters. The molecule has 0 aliphatic heterocycles. The molecule has 0 fully saturated rings. The first-order chi connectivity index (χ1) is 14.5. The largest absolute Gasteiger partial charge is 0.355 e. The van der Waals surface area contributed by atoms with Crippen LogP contribution < -0.4 is 10.9 Å². The molecule has 0 saturated carbocycles. The molecule has 0 bridgehead atoms. The highest BCUT2D eigenvalue weighted by molar-refractivity contribution is 7.99. The second-order valence-corrected chi connectivity index (χ2v) is 8.34. The molecule has 6 nitrogen and oxygen atoms in total. The Labute approximate surface area is 181 Å². The maximum absolute atomic E-state index is 13.0. The summed E-state index contributed by atoms with van der Waals surface area (Å²) in [5, 5.41) is 4.15. The van der Waals surface area contributed by atoms with Crippen molar-refractivity contribution in [2.75, 3.05) is 32.9 Å². The fourth-order valence-corrected chi connectivity index (χ4v) is 4.03. The lowest BCUT2D eigenvalue weighted by Gasteiger charge is -2.15. The van der Waals surface area contributed by atoms with Gasteiger partial charge < -0.3 is 10.2 Å². The number of nitrogens with zero attached hydrogens (tertiary/aromatic N) is 3. The zero-order valence-corrected chi connectivity index (χ0v) is 18.3. The van der Waals surface area contributed by atoms with Crippen molar-refractivity contribution in [3.05, 3.63) is 70.5 Å². The molecule has 1 amide bonds. The second kappa shape index (κ2) is 10.9. The van der Waals surface area contributed by atoms with Crippen LogP contribution in [0.25, 0.3) is 10.9 Å². The molecular weight excluding hydrogens is 396 g/mol. The molecule has 3 aromatic rings. The molecule has 0 radical (unpaired) electrons. The Morgan fingerprint density at radius 3 is 2.60 bits per heavy atom. The molecule has 0 spiro atoms. The van der Waals surface area contributed by atoms with Gasteiger partial charge in [0.1, 0.15) is 0 Å². The van der Waals surface area contributed by atoms with E-state index in [2.05, 4.69) is 15.2 Å². The van der Waals surface area contributed by atoms with Crippen molar-refractivity contribution in [3.8, 4) is 0 Å². The van der Waals surface area contributed by atoms with Gasteiger partial charge in [-0.3, -0.25) is 14.2 Å². The van der Waals surface area contributed by atoms with Crippen molar-refractivity contribution in [1.82, 2.24) is 19.8 Å². The molecular formula is C23H28N4O2S. The summed E-state index contributed by atoms with van der Waals surface area (Å²) in [6.07, 6.45) is 1.63. The van der Waals surface area contributed by atoms with Crippen LogP contribution in [0.3, 0.4) is 0 Å². The number of hydrogen-bond donors (Lipinski definition) is 1. The number of carbonyl (C=O) groups is 1. The highest BCUT2D eigenvalue weighted by atomic mass is 32.2. The first-order valence-electron chi connectivity index (χ1n) is 10.1. The summed E-state index contributed by atoms with van der Waals surface area (Å²) in [7, 11) is 4.02. The number of thioether (sulfide) groups is 1. The minimum atomic E-state index is -0.0572. The summed E-state index contributed by atoms with van der Waals surface area (Å²) < 4.78 is 1.70. The summed E-state index contributed by atoms with van der Waals surface area (Å²) in [4.78, 5) is 32.1. The predicted molar refractivity (Wildman–Crippen MR) is 123 cm³/mol. The molecule has 1 heterocycles. The normalized spacial score (nSPS) is 11.2. The summed E-state index contributed by atoms with van der Waals surface area (Å²) in [5.74, 6) is 0.172. The average molecular weight is 425 g/mol. The fraction of sp³-hybridized carbons (Fsp3) is 0.348. The van der Waals surface area contributed by atoms with Gasteiger partial charge in [0, 0.05) is 13.1 Å². The minimum Gasteiger partial charge on any atom is -0.355 e. The third kappa shape index (κ3) is 6.18. The highest BCUT2D eigenvalue weighted by Crippen LogP contribution is 2.18. The van der Waals surface area contributed by atoms with Crippen LogP contribution in [0, 0.1) is 0 Å². The molecule has 1 N–H and O–H groups in total. The maximum Gasteiger partial charge on any atom is 0.262 e. The van der Waals surface area contributed by atoms with E-state index >= 15 is 0 Å². The number of hydrogen-bond acceptors (Lipinski definition) is 5. The van der Waals surface area contributed by atoms with Crippen LogP contribution in [-0.4, -0.2) is 53.3 Å². The average Bonchev–Trinajstić information content (AvgIpc) is 2.74. The Kier molecular flexibility index (Phi) is 8.04. The number of nitrogens with one attached hydrogen (secondary N) is 1. The van der Waals surface area contributed by atoms with Crippen molar-refractivity contribution < 1.29 is 4.79 Å². The monoisotopic (exact) mass is 424 g/mol. The topological polar surface area (TPSA) is 67.2 Å². The zero-order valence-electron chi connectivity index (χ0n) is 17.5. The molecule has 7 heteroatoms. The van der Waals surface area contributed by atoms with E-state index in [-0.39, 0.29) is 17.2 Å². The Morgan fingerprint density at radius 1 is 1.10 bits per heavy atom. The van der Waals surface area contributed by atoms with E-state index in [1.165, 1.54) is 17.3 Å². The summed E-state index contributed by atoms with van der Waals surface area (Å²) >= 11 is 1.32. The number of rotatable bonds is 10. The van der Waals surface area contributed by atoms with Gasteiger partial charge >= 0.3 is 0 Å². The van der Waals surface area contributed by atoms with Crippen molar-refractivity contribution in [2.45, 2.75) is 24.5 Å². The van der Waals surface area contributed by atoms with Gasteiger partial charge in [-0.05, 0) is 51.2 Å². The van der Waals surface area contributed by atoms with Gasteiger partial charge in [0.05, 0.1) is 16.7 Å². The Hall–Kier alpha value is -2.64. The standard InChI is InChI=1S/C23H28N4O2S/c1-26(2)15-8-16-27-22(29)19-11-6-7-12-20(19)25-23(27)30-17-21(28)24-14-13-18-9-4-3-5-10-18/h3-7,9-12H,8,13-17H2,1-2H3,(H,24,28). The molecule has 0 saturated heterocycles. The van der Waals surface area contributed by atoms with Gasteiger partial charge in [-0.1, -0.05) is 54.2 Å². The molecule has 2 aromatic carbocycles. The quantitative estimate of drug-likeness (QED) is 0.400. The third-order valence-corrected chi connectivity index (χ3v) is 5.70. The van der Waals surface area contributed by atoms with Gasteiger partial charge in [0.15, 0.2) is 5.16 Å². The van der Waals surface area contributed by atoms with E-state index in [0.29, 0.717) is 29.1 Å². The van der Waals surface area contributed by atoms with Gasteiger partial charge in [-0.2, -0.15) is 0 Å². The zero-order chi connectivity index (χ0) is 21.3. The lowest BCUT2D eigenvalue weighted by molar-refractivity contribution is -0.118. The van der Waals surface area contributed by atoms with Crippen LogP contribution >= 0.6 is 11.8 Å². The first-order valence-corrected chi connectivity index (χ1v) is 11.1. The SMILES string of the molecule is CN(C)CCCn1c(SCC(=O)NCCc2ccccc2)nc2ccccc2c1=O. The molecule has 30 heavy (non-hydrogen) atoms. The van der Waals surface area contributed by atoms with Crippen molar-refractivity contribution in [3.63, 3.8) is 0 Å². The van der Waals surface area contributed by atoms with Gasteiger partial charge in [0.25, 0.3) is 5.56 Å². The van der Waals surface area contributed by atoms with E-state index in [0.717, 1.165) is 19.4 Å². The molecule has 0 aliphatic rings. The van der Waals surface area contributed by atoms with Crippen molar-refractivity contribution >= 4 is 28.6 Å². The maximum atomic E-state index is 13.0. The van der Waals surface area contributed by atoms with Crippen molar-refractivity contribution in [1.29, 1.82) is 0 Å². The van der Waals surface area contributed by atoms with Crippen molar-refractivity contribution in [2.24, 2.45) is 0 Å². The smallest absolute Gasteiger partial charge is 0.262 e. The van der Waals surface area contributed by atoms with Gasteiger partial charge in [-0.25, -0.2) is 4.98 Å². The van der Waals surface area contributed by atoms with Crippen LogP contribution in [-0.2, 0) is 17.8 Å². The number of benzene rings is 2. The number of carbonyl (C=O) groups excluding carboxylic acids is 1. The van der Waals surface area contributed by atoms with E-state index in [1.54, 1.807) is 10.6 Å². The van der Waals surface area contributed by atoms with E-state index in [9.17, 15) is 9.59 Å². The van der Waals surface area contributed by atoms with Crippen LogP contribution in [0.4, 0.5) is 0 Å². The van der Waals surface area contributed by atoms with Crippen LogP contribution in [0.1, 0.15) is 12.0 Å². The summed E-state index contributed by atoms with van der Waals surface area (Å²) in [5.41, 5.74) is 1.81. The van der Waals surface area contributed by atoms with Crippen LogP contribution in [0.5, 0.6) is 0 Å². The first kappa shape index (κ1) is 22.1. The number of amides is 1. The minimum absolute atomic E-state index is 0.0497. The van der Waals surface area contributed by atoms with Gasteiger partial charge in [0.2, 0.25) is 5.91 Å². The lowest BCUT2D eigenvalue weighted by atomic mass is 10.1. The third-order valence-electron chi connectivity index (χ3n) is 4.72. The molecule has 0 aliphatic carbocycles. The Morgan fingerprint density at radius 2 is 1.83 bits per heavy atom. The van der Waals surface area contributed by atoms with Crippen LogP contribution in [0.15, 0.2) is 64.5 Å². The lowest BCUT2D eigenvalue weighted by Crippen LogP contribution is -2.29. The van der Waals surface area contributed by atoms with Gasteiger partial charge in [-0.15, -0.1) is 0 Å². The molecule has 3 rings (SSSR count). The molecule has 0 atom stereocenters. The summed E-state index contributed by atoms with van der Waals surface area (Å²) in [6, 6.07) is 17.4. The van der Waals surface area contributed by atoms with Crippen LogP contribution in [0.2, 0.25) is 0 Å². The van der Waals surface area contributed by atoms with E-state index in [1.807, 2.05) is 62.6 Å². The number of aromatic nitrogens is 2. The Bertz CT molecular complexity index is 1030. The predicted octanol–water partition coefficient (Wildman–Crippen LogP) is 2.80. The Balaban J connectivity index is 1.65. The fourth-order valence-electron chi connectivity index (χ4n) is 3.17. The number of fused-ring (bicyclic) bond motifs is 1. The summed E-state index contributed by atoms with van der Waals surface area (Å²) in [6.45, 7) is 2.04. The highest BCUT2D eigenvalue weighted by Gasteiger charge is 2.13. The van der Waals surface area contributed by atoms with E-state index < -0.39 is 0 Å².